The molecule has 0 amide bonds. The summed E-state index contributed by atoms with van der Waals surface area (Å²) in [5.41, 5.74) is 7.58. The second-order valence-corrected chi connectivity index (χ2v) is 8.75. The maximum atomic E-state index is 7.15. The summed E-state index contributed by atoms with van der Waals surface area (Å²) in [6, 6.07) is 18.6. The zero-order valence-corrected chi connectivity index (χ0v) is 19.6. The van der Waals surface area contributed by atoms with Gasteiger partial charge >= 0.3 is 0 Å². The van der Waals surface area contributed by atoms with E-state index in [1.165, 1.54) is 11.8 Å². The van der Waals surface area contributed by atoms with Gasteiger partial charge in [-0.05, 0) is 55.2 Å². The summed E-state index contributed by atoms with van der Waals surface area (Å²) in [6.45, 7) is 4.90. The zero-order valence-electron chi connectivity index (χ0n) is 19.6. The third-order valence-corrected chi connectivity index (χ3v) is 6.18. The molecule has 3 N–H and O–H groups in total. The first-order chi connectivity index (χ1) is 16.5. The van der Waals surface area contributed by atoms with Gasteiger partial charge < -0.3 is 15.2 Å². The largest absolute Gasteiger partial charge is 0.489 e. The van der Waals surface area contributed by atoms with Gasteiger partial charge in [-0.1, -0.05) is 54.6 Å². The van der Waals surface area contributed by atoms with Crippen molar-refractivity contribution in [3.05, 3.63) is 102 Å². The van der Waals surface area contributed by atoms with E-state index in [4.69, 9.17) is 20.6 Å². The van der Waals surface area contributed by atoms with Gasteiger partial charge in [-0.2, -0.15) is 0 Å². The van der Waals surface area contributed by atoms with Gasteiger partial charge in [0.05, 0.1) is 18.3 Å². The first-order valence-corrected chi connectivity index (χ1v) is 11.6. The van der Waals surface area contributed by atoms with Crippen LogP contribution >= 0.6 is 0 Å². The smallest absolute Gasteiger partial charge is 0.133 e. The second-order valence-electron chi connectivity index (χ2n) is 8.75. The third kappa shape index (κ3) is 6.02. The summed E-state index contributed by atoms with van der Waals surface area (Å²) in [6.07, 6.45) is 11.5. The van der Waals surface area contributed by atoms with Gasteiger partial charge in [0.2, 0.25) is 0 Å². The highest BCUT2D eigenvalue weighted by Gasteiger charge is 2.41. The van der Waals surface area contributed by atoms with Crippen LogP contribution in [0.4, 0.5) is 0 Å². The molecule has 0 aromatic heterocycles. The molecule has 2 aromatic carbocycles. The zero-order chi connectivity index (χ0) is 23.8. The molecule has 1 aliphatic heterocycles. The lowest BCUT2D eigenvalue weighted by Gasteiger charge is -2.47. The van der Waals surface area contributed by atoms with Gasteiger partial charge in [-0.15, -0.1) is 0 Å². The maximum absolute atomic E-state index is 7.15. The molecule has 1 saturated heterocycles. The van der Waals surface area contributed by atoms with Gasteiger partial charge in [-0.3, -0.25) is 15.3 Å². The van der Waals surface area contributed by atoms with E-state index in [1.807, 2.05) is 30.3 Å². The molecule has 1 unspecified atom stereocenters. The van der Waals surface area contributed by atoms with Crippen LogP contribution in [-0.2, 0) is 17.7 Å². The molecule has 176 valence electrons. The summed E-state index contributed by atoms with van der Waals surface area (Å²) in [5.74, 6) is 2.69. The molecule has 6 heteroatoms. The van der Waals surface area contributed by atoms with Crippen molar-refractivity contribution in [2.75, 3.05) is 19.7 Å². The molecule has 1 aliphatic carbocycles. The van der Waals surface area contributed by atoms with E-state index in [0.29, 0.717) is 13.2 Å². The van der Waals surface area contributed by atoms with Crippen molar-refractivity contribution in [2.24, 2.45) is 10.7 Å². The molecule has 1 atom stereocenters. The molecule has 2 aromatic rings. The van der Waals surface area contributed by atoms with Crippen LogP contribution in [0.15, 0.2) is 95.4 Å². The molecular weight excluding hydrogens is 424 g/mol. The Balaban J connectivity index is 1.36. The average Bonchev–Trinajstić information content (AvgIpc) is 2.84. The predicted octanol–water partition coefficient (Wildman–Crippen LogP) is 4.63. The Bertz CT molecular complexity index is 1100. The minimum atomic E-state index is -0.146. The minimum Gasteiger partial charge on any atom is -0.489 e. The van der Waals surface area contributed by atoms with E-state index in [-0.39, 0.29) is 11.4 Å². The summed E-state index contributed by atoms with van der Waals surface area (Å²) >= 11 is 0. The molecular formula is C28H32N4O2. The number of fused-ring (bicyclic) bond motifs is 1. The number of amidine groups is 1. The van der Waals surface area contributed by atoms with Crippen LogP contribution < -0.4 is 10.5 Å². The highest BCUT2D eigenvalue weighted by molar-refractivity contribution is 6.27. The first kappa shape index (κ1) is 23.5. The Labute approximate surface area is 201 Å². The lowest BCUT2D eigenvalue weighted by atomic mass is 9.87. The van der Waals surface area contributed by atoms with Crippen LogP contribution in [0.5, 0.6) is 5.75 Å². The minimum absolute atomic E-state index is 0.0242. The van der Waals surface area contributed by atoms with Gasteiger partial charge in [0.15, 0.2) is 0 Å². The average molecular weight is 457 g/mol. The summed E-state index contributed by atoms with van der Waals surface area (Å²) in [5, 5.41) is 7.15. The third-order valence-electron chi connectivity index (χ3n) is 6.18. The van der Waals surface area contributed by atoms with Gasteiger partial charge in [-0.25, -0.2) is 0 Å². The van der Waals surface area contributed by atoms with Crippen LogP contribution in [0.3, 0.4) is 0 Å². The number of morpholine rings is 1. The number of allylic oxidation sites excluding steroid dienone is 2. The topological polar surface area (TPSA) is 83.9 Å². The number of hydrogen-bond donors (Lipinski definition) is 2. The molecule has 0 saturated carbocycles. The molecule has 34 heavy (non-hydrogen) atoms. The van der Waals surface area contributed by atoms with E-state index < -0.39 is 0 Å². The highest BCUT2D eigenvalue weighted by atomic mass is 16.5. The monoisotopic (exact) mass is 456 g/mol. The van der Waals surface area contributed by atoms with E-state index in [2.05, 4.69) is 65.4 Å². The van der Waals surface area contributed by atoms with Crippen LogP contribution in [0, 0.1) is 5.41 Å². The number of nitrogens with two attached hydrogens (primary N) is 1. The lowest BCUT2D eigenvalue weighted by molar-refractivity contribution is 0.0260. The molecule has 1 fully saturated rings. The summed E-state index contributed by atoms with van der Waals surface area (Å²) < 4.78 is 12.3. The number of rotatable bonds is 9. The fourth-order valence-corrected chi connectivity index (χ4v) is 4.18. The van der Waals surface area contributed by atoms with Gasteiger partial charge in [0, 0.05) is 13.1 Å². The summed E-state index contributed by atoms with van der Waals surface area (Å²) in [4.78, 5) is 6.60. The molecule has 6 nitrogen and oxygen atoms in total. The second kappa shape index (κ2) is 11.0. The Hall–Kier alpha value is -3.64. The van der Waals surface area contributed by atoms with Crippen molar-refractivity contribution in [1.29, 1.82) is 5.41 Å². The fraction of sp³-hybridized carbons (Fsp3) is 0.286. The molecule has 0 spiro atoms. The number of aliphatic imine (C=N–C) groups is 1. The molecule has 0 bridgehead atoms. The van der Waals surface area contributed by atoms with Crippen molar-refractivity contribution in [3.63, 3.8) is 0 Å². The van der Waals surface area contributed by atoms with Crippen molar-refractivity contribution in [1.82, 2.24) is 4.90 Å². The van der Waals surface area contributed by atoms with Crippen LogP contribution in [0.2, 0.25) is 0 Å². The summed E-state index contributed by atoms with van der Waals surface area (Å²) in [7, 11) is 0. The van der Waals surface area contributed by atoms with E-state index in [1.54, 1.807) is 0 Å². The molecule has 4 rings (SSSR count). The van der Waals surface area contributed by atoms with Crippen molar-refractivity contribution in [3.8, 4) is 5.75 Å². The van der Waals surface area contributed by atoms with Gasteiger partial charge in [0.25, 0.3) is 0 Å². The number of benzene rings is 2. The Morgan fingerprint density at radius 3 is 2.74 bits per heavy atom. The Morgan fingerprint density at radius 1 is 1.18 bits per heavy atom. The van der Waals surface area contributed by atoms with E-state index in [9.17, 15) is 0 Å². The Morgan fingerprint density at radius 2 is 1.97 bits per heavy atom. The SMILES string of the molecule is CC12CC=CC=C1O/C(=C/COc1ccc(CCN=CC(=N)N)cc1)CN2Cc1ccccc1. The van der Waals surface area contributed by atoms with Crippen molar-refractivity contribution < 1.29 is 9.47 Å². The number of nitrogens with one attached hydrogen (secondary N) is 1. The Kier molecular flexibility index (Phi) is 7.60. The van der Waals surface area contributed by atoms with Crippen molar-refractivity contribution in [2.45, 2.75) is 31.8 Å². The van der Waals surface area contributed by atoms with Gasteiger partial charge in [0.1, 0.15) is 29.7 Å². The van der Waals surface area contributed by atoms with Crippen LogP contribution in [-0.4, -0.2) is 42.2 Å². The standard InChI is InChI=1S/C28H32N4O2/c1-28-16-6-5-9-26(28)34-25(21-32(28)20-23-7-3-2-4-8-23)15-18-33-24-12-10-22(11-13-24)14-17-31-19-27(29)30/h2-13,15,19H,14,16-18,20-21H2,1H3,(H3,29,30)/b25-15+,31-19?. The fourth-order valence-electron chi connectivity index (χ4n) is 4.18. The normalized spacial score (nSPS) is 21.2. The number of nitrogens with zero attached hydrogens (tertiary/aromatic N) is 2. The predicted molar refractivity (Wildman–Crippen MR) is 137 cm³/mol. The highest BCUT2D eigenvalue weighted by Crippen LogP contribution is 2.39. The van der Waals surface area contributed by atoms with Crippen molar-refractivity contribution >= 4 is 12.1 Å². The molecule has 0 radical (unpaired) electrons. The number of ether oxygens (including phenoxy) is 2. The number of hydrogen-bond acceptors (Lipinski definition) is 5. The van der Waals surface area contributed by atoms with E-state index >= 15 is 0 Å². The lowest BCUT2D eigenvalue weighted by Crippen LogP contribution is -2.52. The first-order valence-electron chi connectivity index (χ1n) is 11.6. The van der Waals surface area contributed by atoms with Crippen LogP contribution in [0.25, 0.3) is 0 Å². The van der Waals surface area contributed by atoms with E-state index in [0.717, 1.165) is 48.8 Å². The van der Waals surface area contributed by atoms with Crippen LogP contribution in [0.1, 0.15) is 24.5 Å². The molecule has 1 heterocycles. The molecule has 2 aliphatic rings. The maximum Gasteiger partial charge on any atom is 0.133 e. The quantitative estimate of drug-likeness (QED) is 0.426.